The van der Waals surface area contributed by atoms with Gasteiger partial charge in [0.05, 0.1) is 18.8 Å². The summed E-state index contributed by atoms with van der Waals surface area (Å²) in [6.07, 6.45) is 4.48. The summed E-state index contributed by atoms with van der Waals surface area (Å²) in [5.41, 5.74) is 7.14. The number of nitrogens with zero attached hydrogens (tertiary/aromatic N) is 3. The fraction of sp³-hybridized carbons (Fsp3) is 0.429. The van der Waals surface area contributed by atoms with Gasteiger partial charge in [0.1, 0.15) is 5.75 Å². The van der Waals surface area contributed by atoms with Gasteiger partial charge in [-0.1, -0.05) is 6.07 Å². The molecule has 1 aliphatic carbocycles. The molecule has 0 radical (unpaired) electrons. The smallest absolute Gasteiger partial charge is 0.252 e. The quantitative estimate of drug-likeness (QED) is 0.563. The summed E-state index contributed by atoms with van der Waals surface area (Å²) < 4.78 is 7.39. The minimum atomic E-state index is -0.190. The van der Waals surface area contributed by atoms with Crippen LogP contribution in [-0.4, -0.2) is 48.0 Å². The number of aryl methyl sites for hydroxylation is 3. The molecule has 184 valence electrons. The number of methoxy groups -OCH3 is 1. The molecule has 1 amide bonds. The molecule has 5 rings (SSSR count). The number of piperazine rings is 1. The number of amides is 1. The topological polar surface area (TPSA) is 71.4 Å². The Labute approximate surface area is 207 Å². The molecule has 1 spiro atoms. The molecule has 35 heavy (non-hydrogen) atoms. The molecule has 2 fully saturated rings. The number of rotatable bonds is 6. The molecule has 1 saturated carbocycles. The number of carbonyl (C=O) groups is 1. The lowest BCUT2D eigenvalue weighted by Gasteiger charge is -2.36. The van der Waals surface area contributed by atoms with Crippen LogP contribution in [0.2, 0.25) is 0 Å². The zero-order valence-corrected chi connectivity index (χ0v) is 21.3. The van der Waals surface area contributed by atoms with Crippen LogP contribution in [0.1, 0.15) is 53.0 Å². The third kappa shape index (κ3) is 4.78. The van der Waals surface area contributed by atoms with Gasteiger partial charge in [0, 0.05) is 55.2 Å². The first-order chi connectivity index (χ1) is 16.8. The van der Waals surface area contributed by atoms with E-state index in [4.69, 9.17) is 4.74 Å². The highest BCUT2D eigenvalue weighted by atomic mass is 16.5. The Kier molecular flexibility index (Phi) is 6.05. The molecule has 2 heterocycles. The summed E-state index contributed by atoms with van der Waals surface area (Å²) in [5, 5.41) is 11.3. The van der Waals surface area contributed by atoms with Crippen molar-refractivity contribution in [2.24, 2.45) is 7.05 Å². The summed E-state index contributed by atoms with van der Waals surface area (Å²) in [6.45, 7) is 8.97. The summed E-state index contributed by atoms with van der Waals surface area (Å²) in [7, 11) is 3.58. The zero-order valence-electron chi connectivity index (χ0n) is 21.3. The van der Waals surface area contributed by atoms with Crippen molar-refractivity contribution in [3.05, 3.63) is 65.0 Å². The highest BCUT2D eigenvalue weighted by Gasteiger charge is 2.45. The zero-order chi connectivity index (χ0) is 24.7. The van der Waals surface area contributed by atoms with E-state index >= 15 is 0 Å². The molecule has 2 aliphatic rings. The van der Waals surface area contributed by atoms with Crippen molar-refractivity contribution in [1.82, 2.24) is 20.4 Å². The van der Waals surface area contributed by atoms with Gasteiger partial charge in [0.15, 0.2) is 0 Å². The van der Waals surface area contributed by atoms with E-state index in [-0.39, 0.29) is 17.5 Å². The number of nitrogens with one attached hydrogen (secondary N) is 2. The summed E-state index contributed by atoms with van der Waals surface area (Å²) in [4.78, 5) is 15.8. The molecule has 0 bridgehead atoms. The minimum absolute atomic E-state index is 0.0601. The number of benzene rings is 2. The van der Waals surface area contributed by atoms with E-state index < -0.39 is 0 Å². The average Bonchev–Trinajstić information content (AvgIpc) is 3.50. The number of aromatic nitrogens is 2. The SMILES string of the molecule is COc1cc(-c2cn(C)nc2C)cc([C@@H](C)NC(=O)c2cc(N3CCNC4(CC4)C3)ccc2C)c1. The maximum absolute atomic E-state index is 13.4. The molecule has 7 nitrogen and oxygen atoms in total. The van der Waals surface area contributed by atoms with Crippen LogP contribution < -0.4 is 20.3 Å². The second-order valence-electron chi connectivity index (χ2n) is 10.1. The molecule has 1 saturated heterocycles. The number of anilines is 1. The number of hydrogen-bond acceptors (Lipinski definition) is 5. The average molecular weight is 474 g/mol. The fourth-order valence-electron chi connectivity index (χ4n) is 5.10. The van der Waals surface area contributed by atoms with Gasteiger partial charge in [-0.2, -0.15) is 5.10 Å². The van der Waals surface area contributed by atoms with Crippen molar-refractivity contribution < 1.29 is 9.53 Å². The van der Waals surface area contributed by atoms with Gasteiger partial charge in [-0.25, -0.2) is 0 Å². The predicted molar refractivity (Wildman–Crippen MR) is 139 cm³/mol. The van der Waals surface area contributed by atoms with Gasteiger partial charge < -0.3 is 20.3 Å². The van der Waals surface area contributed by atoms with Crippen molar-refractivity contribution >= 4 is 11.6 Å². The van der Waals surface area contributed by atoms with Gasteiger partial charge in [0.25, 0.3) is 5.91 Å². The molecule has 2 aromatic carbocycles. The third-order valence-corrected chi connectivity index (χ3v) is 7.40. The van der Waals surface area contributed by atoms with Crippen LogP contribution in [0.3, 0.4) is 0 Å². The largest absolute Gasteiger partial charge is 0.497 e. The van der Waals surface area contributed by atoms with Crippen LogP contribution >= 0.6 is 0 Å². The van der Waals surface area contributed by atoms with Gasteiger partial charge in [-0.15, -0.1) is 0 Å². The lowest BCUT2D eigenvalue weighted by Crippen LogP contribution is -2.52. The molecule has 1 aromatic heterocycles. The number of carbonyl (C=O) groups excluding carboxylic acids is 1. The monoisotopic (exact) mass is 473 g/mol. The summed E-state index contributed by atoms with van der Waals surface area (Å²) >= 11 is 0. The van der Waals surface area contributed by atoms with Crippen molar-refractivity contribution in [2.45, 2.75) is 45.2 Å². The van der Waals surface area contributed by atoms with Gasteiger partial charge in [0.2, 0.25) is 0 Å². The third-order valence-electron chi connectivity index (χ3n) is 7.40. The Hall–Kier alpha value is -3.32. The van der Waals surface area contributed by atoms with E-state index in [1.807, 2.05) is 50.8 Å². The standard InChI is InChI=1S/C28H35N5O2/c1-18-6-7-23(33-11-10-29-28(17-33)8-9-28)15-25(18)27(34)30-19(2)21-12-22(14-24(13-21)35-5)26-16-32(4)31-20(26)3/h6-7,12-16,19,29H,8-11,17H2,1-5H3,(H,30,34)/t19-/m1/s1. The van der Waals surface area contributed by atoms with E-state index in [1.165, 1.54) is 12.8 Å². The molecule has 2 N–H and O–H groups in total. The van der Waals surface area contributed by atoms with Crippen molar-refractivity contribution in [3.63, 3.8) is 0 Å². The second kappa shape index (κ2) is 9.04. The maximum atomic E-state index is 13.4. The Morgan fingerprint density at radius 3 is 2.69 bits per heavy atom. The maximum Gasteiger partial charge on any atom is 0.252 e. The highest BCUT2D eigenvalue weighted by molar-refractivity contribution is 5.97. The fourth-order valence-corrected chi connectivity index (χ4v) is 5.10. The van der Waals surface area contributed by atoms with E-state index in [0.29, 0.717) is 0 Å². The first-order valence-electron chi connectivity index (χ1n) is 12.4. The second-order valence-corrected chi connectivity index (χ2v) is 10.1. The van der Waals surface area contributed by atoms with Crippen LogP contribution in [-0.2, 0) is 7.05 Å². The number of ether oxygens (including phenoxy) is 1. The molecular weight excluding hydrogens is 438 g/mol. The summed E-state index contributed by atoms with van der Waals surface area (Å²) in [5.74, 6) is 0.697. The van der Waals surface area contributed by atoms with E-state index in [1.54, 1.807) is 7.11 Å². The minimum Gasteiger partial charge on any atom is -0.497 e. The molecule has 1 atom stereocenters. The Balaban J connectivity index is 1.37. The van der Waals surface area contributed by atoms with Crippen LogP contribution in [0, 0.1) is 13.8 Å². The van der Waals surface area contributed by atoms with Crippen LogP contribution in [0.5, 0.6) is 5.75 Å². The van der Waals surface area contributed by atoms with Crippen molar-refractivity contribution in [1.29, 1.82) is 0 Å². The predicted octanol–water partition coefficient (Wildman–Crippen LogP) is 4.15. The Morgan fingerprint density at radius 2 is 2.00 bits per heavy atom. The van der Waals surface area contributed by atoms with Gasteiger partial charge >= 0.3 is 0 Å². The van der Waals surface area contributed by atoms with Gasteiger partial charge in [-0.3, -0.25) is 9.48 Å². The molecule has 3 aromatic rings. The molecule has 1 aliphatic heterocycles. The van der Waals surface area contributed by atoms with E-state index in [2.05, 4.69) is 44.9 Å². The molecule has 0 unspecified atom stereocenters. The normalized spacial score (nSPS) is 17.3. The number of hydrogen-bond donors (Lipinski definition) is 2. The molecular formula is C28H35N5O2. The van der Waals surface area contributed by atoms with Crippen LogP contribution in [0.25, 0.3) is 11.1 Å². The van der Waals surface area contributed by atoms with E-state index in [0.717, 1.165) is 64.6 Å². The summed E-state index contributed by atoms with van der Waals surface area (Å²) in [6, 6.07) is 12.2. The lowest BCUT2D eigenvalue weighted by molar-refractivity contribution is 0.0939. The Morgan fingerprint density at radius 1 is 1.20 bits per heavy atom. The van der Waals surface area contributed by atoms with Crippen LogP contribution in [0.15, 0.2) is 42.6 Å². The van der Waals surface area contributed by atoms with Crippen LogP contribution in [0.4, 0.5) is 5.69 Å². The van der Waals surface area contributed by atoms with Crippen molar-refractivity contribution in [2.75, 3.05) is 31.6 Å². The first kappa shape index (κ1) is 23.4. The molecule has 7 heteroatoms. The van der Waals surface area contributed by atoms with Crippen molar-refractivity contribution in [3.8, 4) is 16.9 Å². The van der Waals surface area contributed by atoms with E-state index in [9.17, 15) is 4.79 Å². The first-order valence-corrected chi connectivity index (χ1v) is 12.4. The Bertz CT molecular complexity index is 1260. The highest BCUT2D eigenvalue weighted by Crippen LogP contribution is 2.39. The van der Waals surface area contributed by atoms with Gasteiger partial charge in [-0.05, 0) is 80.6 Å². The lowest BCUT2D eigenvalue weighted by atomic mass is 9.99.